The number of fused-ring (bicyclic) bond motifs is 1. The molecule has 4 rings (SSSR count). The van der Waals surface area contributed by atoms with Crippen LogP contribution in [0.2, 0.25) is 0 Å². The van der Waals surface area contributed by atoms with Crippen molar-refractivity contribution in [2.24, 2.45) is 11.8 Å². The Balaban J connectivity index is 0.00000324. The van der Waals surface area contributed by atoms with Crippen LogP contribution in [0.4, 0.5) is 18.9 Å². The molecule has 1 aliphatic carbocycles. The fraction of sp³-hybridized carbons (Fsp3) is 0.577. The van der Waals surface area contributed by atoms with Gasteiger partial charge in [0.05, 0.1) is 22.6 Å². The molecule has 2 aromatic rings. The smallest absolute Gasteiger partial charge is 0.389 e. The number of ketones is 1. The lowest BCUT2D eigenvalue weighted by Crippen LogP contribution is -2.46. The summed E-state index contributed by atoms with van der Waals surface area (Å²) in [6, 6.07) is 8.79. The maximum Gasteiger partial charge on any atom is 0.393 e. The van der Waals surface area contributed by atoms with Gasteiger partial charge in [-0.25, -0.2) is 0 Å². The Labute approximate surface area is 198 Å². The minimum Gasteiger partial charge on any atom is -0.389 e. The number of anilines is 1. The Hall–Kier alpha value is -2.66. The predicted molar refractivity (Wildman–Crippen MR) is 125 cm³/mol. The van der Waals surface area contributed by atoms with Crippen molar-refractivity contribution < 1.29 is 23.1 Å². The summed E-state index contributed by atoms with van der Waals surface area (Å²) in [5, 5.41) is 20.7. The first-order valence-electron chi connectivity index (χ1n) is 11.5. The largest absolute Gasteiger partial charge is 0.393 e. The molecule has 1 saturated heterocycles. The molecule has 2 aliphatic rings. The van der Waals surface area contributed by atoms with Crippen LogP contribution in [0.3, 0.4) is 0 Å². The molecule has 1 aromatic carbocycles. The number of benzene rings is 1. The van der Waals surface area contributed by atoms with Gasteiger partial charge in [0.1, 0.15) is 11.9 Å². The topological polar surface area (TPSA) is 77.2 Å². The van der Waals surface area contributed by atoms with Crippen molar-refractivity contribution >= 4 is 22.4 Å². The van der Waals surface area contributed by atoms with Crippen LogP contribution in [0.25, 0.3) is 10.9 Å². The molecule has 1 N–H and O–H groups in total. The quantitative estimate of drug-likeness (QED) is 0.592. The van der Waals surface area contributed by atoms with E-state index in [9.17, 15) is 28.3 Å². The van der Waals surface area contributed by atoms with E-state index in [1.807, 2.05) is 0 Å². The SMILES string of the molecule is C.N#Cc1ccc(N2CC(CC(=O)CC3(O)CCCCC3)CC(C(F)(F)F)C2)c2cccnc12. The number of hydrogen-bond donors (Lipinski definition) is 1. The van der Waals surface area contributed by atoms with Gasteiger partial charge < -0.3 is 10.0 Å². The maximum absolute atomic E-state index is 13.8. The van der Waals surface area contributed by atoms with Crippen LogP contribution in [-0.2, 0) is 4.79 Å². The van der Waals surface area contributed by atoms with Gasteiger partial charge in [-0.2, -0.15) is 18.4 Å². The van der Waals surface area contributed by atoms with Gasteiger partial charge in [0.2, 0.25) is 0 Å². The average Bonchev–Trinajstić information content (AvgIpc) is 2.77. The summed E-state index contributed by atoms with van der Waals surface area (Å²) < 4.78 is 41.4. The zero-order chi connectivity index (χ0) is 23.6. The standard InChI is InChI=1S/C25H28F3N3O2.CH4/c26-25(27,28)19-11-17(12-20(32)13-24(33)8-2-1-3-9-24)15-31(16-19)22-7-6-18(14-29)23-21(22)5-4-10-30-23;/h4-7,10,17,19,33H,1-3,8-9,11-13,15-16H2;1H4. The molecule has 5 nitrogen and oxygen atoms in total. The number of pyridine rings is 1. The number of carbonyl (C=O) groups excluding carboxylic acids is 1. The number of halogens is 3. The number of alkyl halides is 3. The normalized spacial score (nSPS) is 22.6. The Kier molecular flexibility index (Phi) is 7.87. The molecule has 0 radical (unpaired) electrons. The highest BCUT2D eigenvalue weighted by Gasteiger charge is 2.45. The van der Waals surface area contributed by atoms with Crippen LogP contribution in [0, 0.1) is 23.2 Å². The van der Waals surface area contributed by atoms with Gasteiger partial charge in [0, 0.05) is 43.2 Å². The van der Waals surface area contributed by atoms with Gasteiger partial charge in [-0.15, -0.1) is 0 Å². The number of aromatic nitrogens is 1. The third kappa shape index (κ3) is 5.69. The minimum absolute atomic E-state index is 0. The average molecular weight is 476 g/mol. The first-order chi connectivity index (χ1) is 15.7. The first kappa shape index (κ1) is 26.0. The molecule has 34 heavy (non-hydrogen) atoms. The van der Waals surface area contributed by atoms with E-state index in [1.165, 1.54) is 0 Å². The highest BCUT2D eigenvalue weighted by atomic mass is 19.4. The number of aliphatic hydroxyl groups is 1. The summed E-state index contributed by atoms with van der Waals surface area (Å²) in [6.45, 7) is 0.112. The van der Waals surface area contributed by atoms with Crippen LogP contribution in [0.1, 0.15) is 64.4 Å². The summed E-state index contributed by atoms with van der Waals surface area (Å²) >= 11 is 0. The van der Waals surface area contributed by atoms with E-state index in [2.05, 4.69) is 11.1 Å². The van der Waals surface area contributed by atoms with Crippen molar-refractivity contribution in [3.05, 3.63) is 36.0 Å². The molecule has 2 unspecified atom stereocenters. The molecule has 0 spiro atoms. The predicted octanol–water partition coefficient (Wildman–Crippen LogP) is 5.79. The molecule has 0 amide bonds. The summed E-state index contributed by atoms with van der Waals surface area (Å²) in [7, 11) is 0. The molecule has 1 saturated carbocycles. The van der Waals surface area contributed by atoms with Crippen LogP contribution in [0.5, 0.6) is 0 Å². The van der Waals surface area contributed by atoms with E-state index in [0.29, 0.717) is 41.5 Å². The fourth-order valence-corrected chi connectivity index (χ4v) is 5.46. The fourth-order valence-electron chi connectivity index (χ4n) is 5.46. The van der Waals surface area contributed by atoms with Crippen molar-refractivity contribution in [3.63, 3.8) is 0 Å². The Morgan fingerprint density at radius 3 is 2.62 bits per heavy atom. The van der Waals surface area contributed by atoms with Crippen LogP contribution in [-0.4, -0.2) is 40.7 Å². The van der Waals surface area contributed by atoms with E-state index in [4.69, 9.17) is 0 Å². The van der Waals surface area contributed by atoms with Gasteiger partial charge in [-0.3, -0.25) is 9.78 Å². The molecule has 2 heterocycles. The second-order valence-corrected chi connectivity index (χ2v) is 9.59. The van der Waals surface area contributed by atoms with Crippen molar-refractivity contribution in [3.8, 4) is 6.07 Å². The zero-order valence-corrected chi connectivity index (χ0v) is 18.4. The molecule has 8 heteroatoms. The van der Waals surface area contributed by atoms with Crippen LogP contribution < -0.4 is 4.90 Å². The molecule has 0 bridgehead atoms. The molecular formula is C26H32F3N3O2. The Bertz CT molecular complexity index is 1060. The van der Waals surface area contributed by atoms with Gasteiger partial charge in [-0.05, 0) is 49.4 Å². The number of nitrogens with zero attached hydrogens (tertiary/aromatic N) is 3. The van der Waals surface area contributed by atoms with E-state index in [1.54, 1.807) is 35.4 Å². The number of hydrogen-bond acceptors (Lipinski definition) is 5. The highest BCUT2D eigenvalue weighted by molar-refractivity contribution is 5.95. The monoisotopic (exact) mass is 475 g/mol. The number of Topliss-reactive ketones (excluding diaryl/α,β-unsaturated/α-hetero) is 1. The lowest BCUT2D eigenvalue weighted by molar-refractivity contribution is -0.180. The van der Waals surface area contributed by atoms with Crippen molar-refractivity contribution in [2.45, 2.75) is 70.6 Å². The van der Waals surface area contributed by atoms with Crippen LogP contribution in [0.15, 0.2) is 30.5 Å². The molecule has 2 fully saturated rings. The third-order valence-corrected chi connectivity index (χ3v) is 7.03. The van der Waals surface area contributed by atoms with Crippen molar-refractivity contribution in [1.82, 2.24) is 4.98 Å². The van der Waals surface area contributed by atoms with Gasteiger partial charge in [0.25, 0.3) is 0 Å². The minimum atomic E-state index is -4.37. The third-order valence-electron chi connectivity index (χ3n) is 7.03. The summed E-state index contributed by atoms with van der Waals surface area (Å²) in [4.78, 5) is 18.7. The van der Waals surface area contributed by atoms with Gasteiger partial charge in [0.15, 0.2) is 0 Å². The second kappa shape index (κ2) is 10.3. The highest BCUT2D eigenvalue weighted by Crippen LogP contribution is 2.40. The van der Waals surface area contributed by atoms with Gasteiger partial charge in [-0.1, -0.05) is 26.7 Å². The van der Waals surface area contributed by atoms with E-state index in [0.717, 1.165) is 19.3 Å². The van der Waals surface area contributed by atoms with E-state index >= 15 is 0 Å². The van der Waals surface area contributed by atoms with E-state index < -0.39 is 23.6 Å². The second-order valence-electron chi connectivity index (χ2n) is 9.59. The molecule has 1 aromatic heterocycles. The summed E-state index contributed by atoms with van der Waals surface area (Å²) in [6.07, 6.45) is 1.05. The number of piperidine rings is 1. The van der Waals surface area contributed by atoms with Crippen molar-refractivity contribution in [2.75, 3.05) is 18.0 Å². The van der Waals surface area contributed by atoms with Crippen LogP contribution >= 0.6 is 0 Å². The molecule has 2 atom stereocenters. The van der Waals surface area contributed by atoms with E-state index in [-0.39, 0.29) is 39.0 Å². The number of carbonyl (C=O) groups is 1. The molecule has 1 aliphatic heterocycles. The van der Waals surface area contributed by atoms with Crippen molar-refractivity contribution in [1.29, 1.82) is 5.26 Å². The van der Waals surface area contributed by atoms with Gasteiger partial charge >= 0.3 is 6.18 Å². The summed E-state index contributed by atoms with van der Waals surface area (Å²) in [5.41, 5.74) is 0.404. The number of nitriles is 1. The first-order valence-corrected chi connectivity index (χ1v) is 11.5. The maximum atomic E-state index is 13.8. The zero-order valence-electron chi connectivity index (χ0n) is 18.4. The Morgan fingerprint density at radius 1 is 1.21 bits per heavy atom. The lowest BCUT2D eigenvalue weighted by Gasteiger charge is -2.40. The summed E-state index contributed by atoms with van der Waals surface area (Å²) in [5.74, 6) is -2.19. The molecule has 184 valence electrons. The number of rotatable bonds is 5. The molecular weight excluding hydrogens is 443 g/mol. The lowest BCUT2D eigenvalue weighted by atomic mass is 9.78. The Morgan fingerprint density at radius 2 is 1.94 bits per heavy atom.